The predicted octanol–water partition coefficient (Wildman–Crippen LogP) is 4.53. The van der Waals surface area contributed by atoms with Crippen LogP contribution in [0.1, 0.15) is 64.0 Å². The maximum atomic E-state index is 5.84. The van der Waals surface area contributed by atoms with Crippen LogP contribution in [-0.4, -0.2) is 54.3 Å². The molecule has 0 unspecified atom stereocenters. The molecule has 3 rings (SSSR count). The maximum absolute atomic E-state index is 5.84. The number of hydrogen-bond acceptors (Lipinski definition) is 4. The number of likely N-dealkylation sites (N-methyl/N-ethyl adjacent to an activating group) is 1. The van der Waals surface area contributed by atoms with Crippen molar-refractivity contribution in [2.24, 2.45) is 11.1 Å². The molecule has 0 radical (unpaired) electrons. The highest BCUT2D eigenvalue weighted by Crippen LogP contribution is 2.28. The molecule has 4 heteroatoms. The Morgan fingerprint density at radius 1 is 1.00 bits per heavy atom. The Balaban J connectivity index is 1.70. The van der Waals surface area contributed by atoms with Crippen molar-refractivity contribution in [3.63, 3.8) is 0 Å². The summed E-state index contributed by atoms with van der Waals surface area (Å²) in [6.45, 7) is 11.9. The second-order valence-electron chi connectivity index (χ2n) is 9.29. The zero-order chi connectivity index (χ0) is 19.3. The smallest absolute Gasteiger partial charge is 0.129 e. The fourth-order valence-corrected chi connectivity index (χ4v) is 3.97. The lowest BCUT2D eigenvalue weighted by atomic mass is 9.83. The highest BCUT2D eigenvalue weighted by atomic mass is 16.6. The van der Waals surface area contributed by atoms with E-state index in [-0.39, 0.29) is 5.60 Å². The van der Waals surface area contributed by atoms with E-state index in [9.17, 15) is 0 Å². The van der Waals surface area contributed by atoms with Crippen LogP contribution in [0.15, 0.2) is 29.4 Å². The van der Waals surface area contributed by atoms with E-state index in [0.29, 0.717) is 5.92 Å². The summed E-state index contributed by atoms with van der Waals surface area (Å²) < 4.78 is 0. The zero-order valence-electron chi connectivity index (χ0n) is 17.7. The van der Waals surface area contributed by atoms with Crippen LogP contribution in [0.4, 0.5) is 0 Å². The molecule has 1 saturated carbocycles. The van der Waals surface area contributed by atoms with Crippen molar-refractivity contribution < 1.29 is 4.84 Å². The minimum atomic E-state index is -0.249. The van der Waals surface area contributed by atoms with Crippen molar-refractivity contribution in [3.05, 3.63) is 35.4 Å². The van der Waals surface area contributed by atoms with Crippen LogP contribution in [0.3, 0.4) is 0 Å². The Morgan fingerprint density at radius 3 is 2.22 bits per heavy atom. The van der Waals surface area contributed by atoms with Crippen LogP contribution in [0.25, 0.3) is 0 Å². The summed E-state index contributed by atoms with van der Waals surface area (Å²) in [6, 6.07) is 9.07. The number of oxime groups is 1. The first-order valence-corrected chi connectivity index (χ1v) is 10.7. The van der Waals surface area contributed by atoms with Crippen molar-refractivity contribution in [2.75, 3.05) is 33.2 Å². The molecule has 1 aliphatic heterocycles. The molecule has 0 bridgehead atoms. The number of benzene rings is 1. The van der Waals surface area contributed by atoms with E-state index in [1.807, 2.05) is 0 Å². The van der Waals surface area contributed by atoms with Gasteiger partial charge in [0.1, 0.15) is 5.60 Å². The monoisotopic (exact) mass is 371 g/mol. The van der Waals surface area contributed by atoms with Gasteiger partial charge in [0.15, 0.2) is 0 Å². The van der Waals surface area contributed by atoms with Crippen molar-refractivity contribution >= 4 is 5.71 Å². The Kier molecular flexibility index (Phi) is 6.93. The van der Waals surface area contributed by atoms with Crippen LogP contribution in [0.5, 0.6) is 0 Å². The molecule has 27 heavy (non-hydrogen) atoms. The highest BCUT2D eigenvalue weighted by molar-refractivity contribution is 6.02. The molecular formula is C23H37N3O. The normalized spacial score (nSPS) is 21.4. The quantitative estimate of drug-likeness (QED) is 0.562. The zero-order valence-corrected chi connectivity index (χ0v) is 17.7. The highest BCUT2D eigenvalue weighted by Gasteiger charge is 2.23. The van der Waals surface area contributed by atoms with E-state index in [4.69, 9.17) is 4.84 Å². The molecule has 150 valence electrons. The Hall–Kier alpha value is -1.39. The van der Waals surface area contributed by atoms with Gasteiger partial charge in [-0.2, -0.15) is 0 Å². The van der Waals surface area contributed by atoms with Gasteiger partial charge in [0.2, 0.25) is 0 Å². The first-order valence-electron chi connectivity index (χ1n) is 10.7. The fraction of sp³-hybridized carbons (Fsp3) is 0.696. The van der Waals surface area contributed by atoms with Gasteiger partial charge in [0.05, 0.1) is 5.71 Å². The molecule has 1 heterocycles. The largest absolute Gasteiger partial charge is 0.390 e. The van der Waals surface area contributed by atoms with Crippen molar-refractivity contribution in [3.8, 4) is 0 Å². The molecule has 0 amide bonds. The van der Waals surface area contributed by atoms with Gasteiger partial charge < -0.3 is 9.74 Å². The summed E-state index contributed by atoms with van der Waals surface area (Å²) in [5.74, 6) is 0.532. The molecule has 0 atom stereocenters. The summed E-state index contributed by atoms with van der Waals surface area (Å²) in [5, 5.41) is 4.64. The molecule has 1 aliphatic carbocycles. The molecule has 0 N–H and O–H groups in total. The predicted molar refractivity (Wildman–Crippen MR) is 113 cm³/mol. The van der Waals surface area contributed by atoms with Crippen LogP contribution in [0, 0.1) is 5.92 Å². The van der Waals surface area contributed by atoms with Gasteiger partial charge in [-0.25, -0.2) is 0 Å². The van der Waals surface area contributed by atoms with Crippen molar-refractivity contribution in [1.29, 1.82) is 0 Å². The average molecular weight is 372 g/mol. The third-order valence-electron chi connectivity index (χ3n) is 5.66. The topological polar surface area (TPSA) is 28.1 Å². The minimum Gasteiger partial charge on any atom is -0.390 e. The second-order valence-corrected chi connectivity index (χ2v) is 9.29. The number of piperazine rings is 1. The first kappa shape index (κ1) is 20.3. The van der Waals surface area contributed by atoms with Crippen LogP contribution >= 0.6 is 0 Å². The first-order chi connectivity index (χ1) is 12.9. The van der Waals surface area contributed by atoms with Gasteiger partial charge in [-0.1, -0.05) is 48.7 Å². The lowest BCUT2D eigenvalue weighted by Gasteiger charge is -2.32. The number of nitrogens with zero attached hydrogens (tertiary/aromatic N) is 3. The summed E-state index contributed by atoms with van der Waals surface area (Å²) in [6.07, 6.45) is 6.43. The van der Waals surface area contributed by atoms with Gasteiger partial charge >= 0.3 is 0 Å². The second kappa shape index (κ2) is 9.20. The molecule has 2 aliphatic rings. The SMILES string of the molecule is CN1CCN(Cc2ccc(/C(=N\OC(C)(C)C)C3CCCCC3)cc2)CC1. The third-order valence-corrected chi connectivity index (χ3v) is 5.66. The van der Waals surface area contributed by atoms with E-state index >= 15 is 0 Å². The third kappa shape index (κ3) is 6.32. The van der Waals surface area contributed by atoms with Crippen LogP contribution < -0.4 is 0 Å². The van der Waals surface area contributed by atoms with Gasteiger partial charge in [-0.15, -0.1) is 0 Å². The van der Waals surface area contributed by atoms with E-state index in [1.165, 1.54) is 56.3 Å². The Labute approximate surface area is 165 Å². The van der Waals surface area contributed by atoms with Gasteiger partial charge in [0, 0.05) is 38.6 Å². The molecule has 4 nitrogen and oxygen atoms in total. The standard InChI is InChI=1S/C23H37N3O/c1-23(2,3)27-24-22(20-8-6-5-7-9-20)21-12-10-19(11-13-21)18-26-16-14-25(4)15-17-26/h10-13,20H,5-9,14-18H2,1-4H3/b24-22-. The van der Waals surface area contributed by atoms with Crippen LogP contribution in [0.2, 0.25) is 0 Å². The van der Waals surface area contributed by atoms with Gasteiger partial charge in [-0.3, -0.25) is 4.90 Å². The van der Waals surface area contributed by atoms with Gasteiger partial charge in [0.25, 0.3) is 0 Å². The molecule has 2 fully saturated rings. The maximum Gasteiger partial charge on any atom is 0.129 e. The van der Waals surface area contributed by atoms with E-state index in [1.54, 1.807) is 0 Å². The summed E-state index contributed by atoms with van der Waals surface area (Å²) in [7, 11) is 2.21. The van der Waals surface area contributed by atoms with E-state index < -0.39 is 0 Å². The number of hydrogen-bond donors (Lipinski definition) is 0. The van der Waals surface area contributed by atoms with Crippen molar-refractivity contribution in [1.82, 2.24) is 9.80 Å². The van der Waals surface area contributed by atoms with Gasteiger partial charge in [-0.05, 0) is 51.8 Å². The Morgan fingerprint density at radius 2 is 1.63 bits per heavy atom. The number of rotatable bonds is 5. The molecule has 1 aromatic carbocycles. The lowest BCUT2D eigenvalue weighted by Crippen LogP contribution is -2.43. The molecule has 0 aromatic heterocycles. The molecule has 1 aromatic rings. The fourth-order valence-electron chi connectivity index (χ4n) is 3.97. The molecule has 1 saturated heterocycles. The summed E-state index contributed by atoms with van der Waals surface area (Å²) in [5.41, 5.74) is 3.52. The summed E-state index contributed by atoms with van der Waals surface area (Å²) in [4.78, 5) is 10.8. The summed E-state index contributed by atoms with van der Waals surface area (Å²) >= 11 is 0. The van der Waals surface area contributed by atoms with E-state index in [2.05, 4.69) is 67.0 Å². The Bertz CT molecular complexity index is 604. The lowest BCUT2D eigenvalue weighted by molar-refractivity contribution is 0.000000772. The average Bonchev–Trinajstić information content (AvgIpc) is 2.65. The van der Waals surface area contributed by atoms with Crippen LogP contribution in [-0.2, 0) is 11.4 Å². The molecule has 0 spiro atoms. The molecular weight excluding hydrogens is 334 g/mol. The van der Waals surface area contributed by atoms with E-state index in [0.717, 1.165) is 25.3 Å². The minimum absolute atomic E-state index is 0.249. The van der Waals surface area contributed by atoms with Crippen molar-refractivity contribution in [2.45, 2.75) is 65.0 Å².